The normalized spacial score (nSPS) is 23.9. The van der Waals surface area contributed by atoms with Crippen LogP contribution in [-0.4, -0.2) is 135 Å². The smallest absolute Gasteiger partial charge is 0.327 e. The number of unbranched alkanes of at least 4 members (excludes halogenated alkanes) is 1. The molecule has 1 saturated heterocycles. The van der Waals surface area contributed by atoms with Crippen LogP contribution < -0.4 is 48.7 Å². The second kappa shape index (κ2) is 29.3. The Bertz CT molecular complexity index is 2790. The maximum atomic E-state index is 15.0. The van der Waals surface area contributed by atoms with Crippen LogP contribution in [0.25, 0.3) is 10.9 Å². The van der Waals surface area contributed by atoms with Crippen molar-refractivity contribution in [1.29, 1.82) is 0 Å². The Labute approximate surface area is 454 Å². The third-order valence-electron chi connectivity index (χ3n) is 13.1. The molecule has 14 N–H and O–H groups in total. The maximum Gasteiger partial charge on any atom is 0.327 e. The number of nitrogens with two attached hydrogens (primary N) is 2. The second-order valence-corrected chi connectivity index (χ2v) is 21.5. The van der Waals surface area contributed by atoms with Crippen LogP contribution in [0, 0.1) is 0 Å². The van der Waals surface area contributed by atoms with Gasteiger partial charge >= 0.3 is 5.97 Å². The molecular formula is C55H68N10O10S2. The van der Waals surface area contributed by atoms with Crippen LogP contribution in [0.15, 0.2) is 121 Å². The molecule has 7 amide bonds. The van der Waals surface area contributed by atoms with Gasteiger partial charge in [-0.1, -0.05) is 138 Å². The molecule has 77 heavy (non-hydrogen) atoms. The number of para-hydroxylation sites is 1. The van der Waals surface area contributed by atoms with Gasteiger partial charge in [-0.15, -0.1) is 0 Å². The van der Waals surface area contributed by atoms with E-state index in [0.717, 1.165) is 32.5 Å². The zero-order valence-corrected chi connectivity index (χ0v) is 44.4. The summed E-state index contributed by atoms with van der Waals surface area (Å²) in [5.41, 5.74) is 15.6. The van der Waals surface area contributed by atoms with Crippen LogP contribution >= 0.6 is 21.6 Å². The summed E-state index contributed by atoms with van der Waals surface area (Å²) in [5, 5.41) is 41.0. The van der Waals surface area contributed by atoms with E-state index < -0.39 is 108 Å². The van der Waals surface area contributed by atoms with E-state index in [0.29, 0.717) is 35.1 Å². The third kappa shape index (κ3) is 17.4. The van der Waals surface area contributed by atoms with Gasteiger partial charge in [0, 0.05) is 53.8 Å². The Morgan fingerprint density at radius 1 is 0.558 bits per heavy atom. The van der Waals surface area contributed by atoms with E-state index in [1.807, 2.05) is 24.3 Å². The predicted octanol–water partition coefficient (Wildman–Crippen LogP) is 1.71. The molecular weight excluding hydrogens is 1020 g/mol. The number of aromatic nitrogens is 1. The van der Waals surface area contributed by atoms with Crippen LogP contribution in [0.5, 0.6) is 0 Å². The van der Waals surface area contributed by atoms with E-state index in [4.69, 9.17) is 11.5 Å². The van der Waals surface area contributed by atoms with Crippen molar-refractivity contribution in [3.05, 3.63) is 144 Å². The average molecular weight is 1090 g/mol. The Balaban J connectivity index is 1.41. The molecule has 0 spiro atoms. The standard InChI is InChI=1S/C55H68N10O10S2/c1-32(38-29-58-40-23-13-12-22-37(38)40)46-53(72)59-41(24-14-15-25-56)49(68)65-47(33(2)66)54(73)62-43(27-35-18-8-4-9-19-35)51(70)63-45(55(74)75)31-77-76-30-39(57)48(67)60-42(26-34-16-6-3-7-17-34)50(69)61-44(52(71)64-46)28-36-20-10-5-11-21-36/h3-13,16-23,29,32-33,39,41-47,58,66H,14-15,24-28,30-31,56-57H2,1-2H3,(H,59,72)(H,60,67)(H,61,69)(H,62,73)(H,63,70)(H,64,71)(H,65,68)(H,74,75)/t32-,33+,39-,41-,42-,43-,44-,45-,46-,47-/m0/s1. The molecule has 410 valence electrons. The van der Waals surface area contributed by atoms with Crippen molar-refractivity contribution >= 4 is 79.8 Å². The minimum atomic E-state index is -1.70. The first-order valence-corrected chi connectivity index (χ1v) is 27.9. The molecule has 22 heteroatoms. The molecule has 10 atom stereocenters. The SMILES string of the molecule is C[C@@H](O)[C@@H]1NC(=O)[C@H](CCCCN)NC(=O)[C@H]([C@@H](C)c2c[nH]c3ccccc23)NC(=O)[C@H](Cc2ccccc2)NC(=O)[C@H](Cc2ccccc2)NC(=O)[C@@H](N)CSSC[C@@H](C(=O)O)NC(=O)[C@H](Cc2ccccc2)NC1=O. The molecule has 2 heterocycles. The van der Waals surface area contributed by atoms with E-state index >= 15 is 4.79 Å². The molecule has 20 nitrogen and oxygen atoms in total. The summed E-state index contributed by atoms with van der Waals surface area (Å²) in [7, 11) is 2.07. The third-order valence-corrected chi connectivity index (χ3v) is 15.5. The lowest BCUT2D eigenvalue weighted by molar-refractivity contribution is -0.141. The highest BCUT2D eigenvalue weighted by Crippen LogP contribution is 2.29. The predicted molar refractivity (Wildman–Crippen MR) is 296 cm³/mol. The zero-order chi connectivity index (χ0) is 55.4. The molecule has 0 bridgehead atoms. The van der Waals surface area contributed by atoms with Crippen LogP contribution in [0.4, 0.5) is 0 Å². The van der Waals surface area contributed by atoms with Gasteiger partial charge in [-0.2, -0.15) is 0 Å². The number of aliphatic carboxylic acids is 1. The number of hydrogen-bond acceptors (Lipinski definition) is 13. The van der Waals surface area contributed by atoms with E-state index in [9.17, 15) is 43.8 Å². The van der Waals surface area contributed by atoms with Crippen molar-refractivity contribution in [3.63, 3.8) is 0 Å². The van der Waals surface area contributed by atoms with Gasteiger partial charge in [0.05, 0.1) is 12.1 Å². The van der Waals surface area contributed by atoms with Gasteiger partial charge in [0.1, 0.15) is 42.3 Å². The van der Waals surface area contributed by atoms with Gasteiger partial charge in [-0.3, -0.25) is 33.6 Å². The second-order valence-electron chi connectivity index (χ2n) is 19.0. The summed E-state index contributed by atoms with van der Waals surface area (Å²) in [6, 6.07) is 22.5. The summed E-state index contributed by atoms with van der Waals surface area (Å²) in [6.45, 7) is 3.23. The van der Waals surface area contributed by atoms with Crippen molar-refractivity contribution in [2.75, 3.05) is 18.1 Å². The summed E-state index contributed by atoms with van der Waals surface area (Å²) < 4.78 is 0. The molecule has 0 radical (unpaired) electrons. The number of aliphatic hydroxyl groups excluding tert-OH is 1. The lowest BCUT2D eigenvalue weighted by atomic mass is 9.91. The Morgan fingerprint density at radius 3 is 1.55 bits per heavy atom. The van der Waals surface area contributed by atoms with Crippen molar-refractivity contribution in [3.8, 4) is 0 Å². The first-order chi connectivity index (χ1) is 37.0. The summed E-state index contributed by atoms with van der Waals surface area (Å²) >= 11 is 0. The van der Waals surface area contributed by atoms with Crippen molar-refractivity contribution < 1.29 is 48.6 Å². The molecule has 1 aromatic heterocycles. The van der Waals surface area contributed by atoms with Crippen LogP contribution in [0.2, 0.25) is 0 Å². The number of rotatable bonds is 14. The summed E-state index contributed by atoms with van der Waals surface area (Å²) in [4.78, 5) is 117. The molecule has 1 aliphatic rings. The molecule has 0 unspecified atom stereocenters. The fourth-order valence-electron chi connectivity index (χ4n) is 8.75. The van der Waals surface area contributed by atoms with Crippen LogP contribution in [0.3, 0.4) is 0 Å². The van der Waals surface area contributed by atoms with E-state index in [2.05, 4.69) is 42.2 Å². The zero-order valence-electron chi connectivity index (χ0n) is 42.8. The van der Waals surface area contributed by atoms with Gasteiger partial charge in [-0.25, -0.2) is 4.79 Å². The van der Waals surface area contributed by atoms with Crippen LogP contribution in [-0.2, 0) is 57.6 Å². The number of carboxylic acids is 1. The maximum absolute atomic E-state index is 15.0. The number of fused-ring (bicyclic) bond motifs is 1. The van der Waals surface area contributed by atoms with E-state index in [-0.39, 0.29) is 43.7 Å². The number of H-pyrrole nitrogens is 1. The highest BCUT2D eigenvalue weighted by Gasteiger charge is 2.38. The number of carbonyl (C=O) groups excluding carboxylic acids is 7. The molecule has 5 aromatic rings. The van der Waals surface area contributed by atoms with Crippen molar-refractivity contribution in [2.24, 2.45) is 11.5 Å². The molecule has 0 aliphatic carbocycles. The number of aliphatic hydroxyl groups is 1. The van der Waals surface area contributed by atoms with Gasteiger partial charge in [-0.05, 0) is 61.1 Å². The average Bonchev–Trinajstić information content (AvgIpc) is 3.88. The highest BCUT2D eigenvalue weighted by molar-refractivity contribution is 8.76. The number of hydrogen-bond donors (Lipinski definition) is 12. The number of amides is 7. The number of nitrogens with one attached hydrogen (secondary N) is 8. The lowest BCUT2D eigenvalue weighted by Gasteiger charge is -2.30. The topological polar surface area (TPSA) is 329 Å². The molecule has 6 rings (SSSR count). The van der Waals surface area contributed by atoms with Crippen molar-refractivity contribution in [2.45, 2.75) is 113 Å². The quantitative estimate of drug-likeness (QED) is 0.0557. The first kappa shape index (κ1) is 59.0. The Hall–Kier alpha value is -7.24. The Kier molecular flexibility index (Phi) is 22.5. The van der Waals surface area contributed by atoms with E-state index in [1.54, 1.807) is 104 Å². The monoisotopic (exact) mass is 1090 g/mol. The van der Waals surface area contributed by atoms with Crippen molar-refractivity contribution in [1.82, 2.24) is 42.2 Å². The highest BCUT2D eigenvalue weighted by atomic mass is 33.1. The minimum absolute atomic E-state index is 0.00182. The molecule has 1 fully saturated rings. The molecule has 0 saturated carbocycles. The lowest BCUT2D eigenvalue weighted by Crippen LogP contribution is -2.62. The van der Waals surface area contributed by atoms with Gasteiger partial charge in [0.15, 0.2) is 0 Å². The van der Waals surface area contributed by atoms with Gasteiger partial charge in [0.2, 0.25) is 41.4 Å². The fourth-order valence-corrected chi connectivity index (χ4v) is 11.0. The molecule has 4 aromatic carbocycles. The van der Waals surface area contributed by atoms with Gasteiger partial charge in [0.25, 0.3) is 0 Å². The van der Waals surface area contributed by atoms with Crippen LogP contribution in [0.1, 0.15) is 61.3 Å². The number of benzene rings is 4. The van der Waals surface area contributed by atoms with E-state index in [1.165, 1.54) is 6.92 Å². The largest absolute Gasteiger partial charge is 0.480 e. The molecule has 1 aliphatic heterocycles. The minimum Gasteiger partial charge on any atom is -0.480 e. The summed E-state index contributed by atoms with van der Waals surface area (Å²) in [6.07, 6.45) is 0.751. The Morgan fingerprint density at radius 2 is 1.00 bits per heavy atom. The number of carbonyl (C=O) groups is 8. The van der Waals surface area contributed by atoms with Gasteiger partial charge < -0.3 is 63.9 Å². The first-order valence-electron chi connectivity index (χ1n) is 25.4. The number of aromatic amines is 1. The fraction of sp³-hybridized carbons (Fsp3) is 0.382. The summed E-state index contributed by atoms with van der Waals surface area (Å²) in [5.74, 6) is -8.23. The number of carboxylic acid groups (broad SMARTS) is 1.